The summed E-state index contributed by atoms with van der Waals surface area (Å²) in [4.78, 5) is 16.5. The molecule has 17 heavy (non-hydrogen) atoms. The zero-order chi connectivity index (χ0) is 12.9. The van der Waals surface area contributed by atoms with E-state index in [4.69, 9.17) is 0 Å². The first-order chi connectivity index (χ1) is 8.00. The number of likely N-dealkylation sites (N-methyl/N-ethyl adjacent to an activating group) is 2. The van der Waals surface area contributed by atoms with Crippen molar-refractivity contribution >= 4 is 5.91 Å². The van der Waals surface area contributed by atoms with Gasteiger partial charge in [0.2, 0.25) is 5.91 Å². The van der Waals surface area contributed by atoms with Gasteiger partial charge in [-0.25, -0.2) is 0 Å². The Morgan fingerprint density at radius 2 is 2.00 bits per heavy atom. The molecule has 1 heterocycles. The molecule has 5 nitrogen and oxygen atoms in total. The highest BCUT2D eigenvalue weighted by atomic mass is 16.2. The number of rotatable bonds is 5. The Labute approximate surface area is 105 Å². The lowest BCUT2D eigenvalue weighted by Crippen LogP contribution is -2.60. The van der Waals surface area contributed by atoms with Gasteiger partial charge < -0.3 is 15.5 Å². The van der Waals surface area contributed by atoms with Crippen LogP contribution in [0.5, 0.6) is 0 Å². The monoisotopic (exact) mass is 242 g/mol. The molecule has 1 aliphatic heterocycles. The second-order valence-electron chi connectivity index (χ2n) is 5.13. The van der Waals surface area contributed by atoms with Crippen LogP contribution in [0.3, 0.4) is 0 Å². The van der Waals surface area contributed by atoms with E-state index in [0.717, 1.165) is 39.3 Å². The second kappa shape index (κ2) is 6.33. The molecule has 0 aromatic rings. The Balaban J connectivity index is 2.57. The molecule has 0 unspecified atom stereocenters. The van der Waals surface area contributed by atoms with Crippen molar-refractivity contribution in [1.29, 1.82) is 0 Å². The largest absolute Gasteiger partial charge is 0.343 e. The fraction of sp³-hybridized carbons (Fsp3) is 0.917. The first-order valence-electron chi connectivity index (χ1n) is 6.36. The van der Waals surface area contributed by atoms with Gasteiger partial charge in [0.25, 0.3) is 0 Å². The van der Waals surface area contributed by atoms with E-state index in [-0.39, 0.29) is 5.91 Å². The van der Waals surface area contributed by atoms with Crippen molar-refractivity contribution in [3.63, 3.8) is 0 Å². The molecule has 0 saturated carbocycles. The highest BCUT2D eigenvalue weighted by Crippen LogP contribution is 2.17. The van der Waals surface area contributed by atoms with E-state index in [1.165, 1.54) is 0 Å². The van der Waals surface area contributed by atoms with Crippen molar-refractivity contribution in [3.05, 3.63) is 0 Å². The van der Waals surface area contributed by atoms with Crippen LogP contribution in [-0.4, -0.2) is 74.6 Å². The number of carbonyl (C=O) groups is 1. The summed E-state index contributed by atoms with van der Waals surface area (Å²) in [5.74, 6) is 0.203. The van der Waals surface area contributed by atoms with E-state index in [2.05, 4.69) is 15.5 Å². The zero-order valence-corrected chi connectivity index (χ0v) is 11.5. The van der Waals surface area contributed by atoms with Gasteiger partial charge in [-0.3, -0.25) is 9.69 Å². The number of amides is 1. The smallest absolute Gasteiger partial charge is 0.242 e. The molecule has 0 bridgehead atoms. The standard InChI is InChI=1S/C12H26N4O/c1-12(2,16-9-6-14-7-10-16)11(17)15(4)8-5-13-3/h13-14H,5-10H2,1-4H3. The third-order valence-electron chi connectivity index (χ3n) is 3.47. The van der Waals surface area contributed by atoms with Crippen LogP contribution in [0.1, 0.15) is 13.8 Å². The van der Waals surface area contributed by atoms with Gasteiger partial charge in [0.1, 0.15) is 0 Å². The fourth-order valence-electron chi connectivity index (χ4n) is 2.21. The van der Waals surface area contributed by atoms with Crippen LogP contribution in [0.25, 0.3) is 0 Å². The third-order valence-corrected chi connectivity index (χ3v) is 3.47. The lowest BCUT2D eigenvalue weighted by atomic mass is 9.99. The molecule has 2 N–H and O–H groups in total. The maximum absolute atomic E-state index is 12.4. The Kier molecular flexibility index (Phi) is 5.36. The van der Waals surface area contributed by atoms with Gasteiger partial charge in [0.15, 0.2) is 0 Å². The summed E-state index contributed by atoms with van der Waals surface area (Å²) in [6.45, 7) is 9.46. The number of nitrogens with zero attached hydrogens (tertiary/aromatic N) is 2. The predicted octanol–water partition coefficient (Wildman–Crippen LogP) is -0.652. The summed E-state index contributed by atoms with van der Waals surface area (Å²) >= 11 is 0. The van der Waals surface area contributed by atoms with Crippen molar-refractivity contribution < 1.29 is 4.79 Å². The molecule has 1 saturated heterocycles. The van der Waals surface area contributed by atoms with Crippen molar-refractivity contribution in [2.24, 2.45) is 0 Å². The molecule has 0 atom stereocenters. The van der Waals surface area contributed by atoms with Crippen LogP contribution in [0.15, 0.2) is 0 Å². The highest BCUT2D eigenvalue weighted by molar-refractivity contribution is 5.85. The lowest BCUT2D eigenvalue weighted by molar-refractivity contribution is -0.141. The Hall–Kier alpha value is -0.650. The minimum Gasteiger partial charge on any atom is -0.343 e. The minimum absolute atomic E-state index is 0.203. The SMILES string of the molecule is CNCCN(C)C(=O)C(C)(C)N1CCNCC1. The summed E-state index contributed by atoms with van der Waals surface area (Å²) in [6, 6.07) is 0. The summed E-state index contributed by atoms with van der Waals surface area (Å²) < 4.78 is 0. The quantitative estimate of drug-likeness (QED) is 0.672. The van der Waals surface area contributed by atoms with Crippen LogP contribution in [0.4, 0.5) is 0 Å². The molecule has 0 spiro atoms. The number of carbonyl (C=O) groups excluding carboxylic acids is 1. The van der Waals surface area contributed by atoms with Crippen LogP contribution in [0.2, 0.25) is 0 Å². The van der Waals surface area contributed by atoms with Crippen molar-refractivity contribution in [1.82, 2.24) is 20.4 Å². The number of hydrogen-bond acceptors (Lipinski definition) is 4. The Morgan fingerprint density at radius 3 is 2.53 bits per heavy atom. The summed E-state index contributed by atoms with van der Waals surface area (Å²) in [5.41, 5.74) is -0.398. The third kappa shape index (κ3) is 3.66. The van der Waals surface area contributed by atoms with Gasteiger partial charge >= 0.3 is 0 Å². The van der Waals surface area contributed by atoms with Gasteiger partial charge in [-0.15, -0.1) is 0 Å². The second-order valence-corrected chi connectivity index (χ2v) is 5.13. The maximum Gasteiger partial charge on any atom is 0.242 e. The normalized spacial score (nSPS) is 18.1. The predicted molar refractivity (Wildman–Crippen MR) is 70.1 cm³/mol. The molecule has 1 rings (SSSR count). The molecule has 5 heteroatoms. The van der Waals surface area contributed by atoms with Crippen molar-refractivity contribution in [3.8, 4) is 0 Å². The molecular weight excluding hydrogens is 216 g/mol. The number of hydrogen-bond donors (Lipinski definition) is 2. The van der Waals surface area contributed by atoms with E-state index >= 15 is 0 Å². The molecule has 0 aromatic heterocycles. The molecule has 0 aliphatic carbocycles. The molecule has 1 fully saturated rings. The van der Waals surface area contributed by atoms with Gasteiger partial charge in [0, 0.05) is 46.3 Å². The summed E-state index contributed by atoms with van der Waals surface area (Å²) in [7, 11) is 3.78. The van der Waals surface area contributed by atoms with E-state index in [0.29, 0.717) is 0 Å². The average Bonchev–Trinajstić information content (AvgIpc) is 2.36. The van der Waals surface area contributed by atoms with Crippen LogP contribution in [-0.2, 0) is 4.79 Å². The molecule has 1 amide bonds. The topological polar surface area (TPSA) is 47.6 Å². The molecule has 0 radical (unpaired) electrons. The Morgan fingerprint density at radius 1 is 1.41 bits per heavy atom. The first-order valence-corrected chi connectivity index (χ1v) is 6.36. The van der Waals surface area contributed by atoms with E-state index < -0.39 is 5.54 Å². The van der Waals surface area contributed by atoms with Crippen molar-refractivity contribution in [2.75, 3.05) is 53.4 Å². The highest BCUT2D eigenvalue weighted by Gasteiger charge is 2.36. The van der Waals surface area contributed by atoms with Crippen molar-refractivity contribution in [2.45, 2.75) is 19.4 Å². The fourth-order valence-corrected chi connectivity index (χ4v) is 2.21. The summed E-state index contributed by atoms with van der Waals surface area (Å²) in [6.07, 6.45) is 0. The Bertz CT molecular complexity index is 249. The molecule has 100 valence electrons. The van der Waals surface area contributed by atoms with Crippen LogP contribution >= 0.6 is 0 Å². The number of nitrogens with one attached hydrogen (secondary N) is 2. The van der Waals surface area contributed by atoms with Gasteiger partial charge in [-0.1, -0.05) is 0 Å². The lowest BCUT2D eigenvalue weighted by Gasteiger charge is -2.41. The van der Waals surface area contributed by atoms with Gasteiger partial charge in [-0.2, -0.15) is 0 Å². The van der Waals surface area contributed by atoms with Gasteiger partial charge in [0.05, 0.1) is 5.54 Å². The zero-order valence-electron chi connectivity index (χ0n) is 11.5. The maximum atomic E-state index is 12.4. The van der Waals surface area contributed by atoms with E-state index in [1.54, 1.807) is 0 Å². The minimum atomic E-state index is -0.398. The van der Waals surface area contributed by atoms with E-state index in [9.17, 15) is 4.79 Å². The summed E-state index contributed by atoms with van der Waals surface area (Å²) in [5, 5.41) is 6.38. The molecule has 0 aromatic carbocycles. The number of piperazine rings is 1. The van der Waals surface area contributed by atoms with Crippen LogP contribution in [0, 0.1) is 0 Å². The molecular formula is C12H26N4O. The van der Waals surface area contributed by atoms with Crippen LogP contribution < -0.4 is 10.6 Å². The average molecular weight is 242 g/mol. The van der Waals surface area contributed by atoms with Gasteiger partial charge in [-0.05, 0) is 20.9 Å². The first kappa shape index (κ1) is 14.4. The van der Waals surface area contributed by atoms with E-state index in [1.807, 2.05) is 32.8 Å². The molecule has 1 aliphatic rings.